The van der Waals surface area contributed by atoms with E-state index in [0.717, 1.165) is 22.3 Å². The number of esters is 1. The molecule has 1 fully saturated rings. The first kappa shape index (κ1) is 19.4. The van der Waals surface area contributed by atoms with Crippen molar-refractivity contribution in [2.75, 3.05) is 20.3 Å². The Bertz CT molecular complexity index is 1020. The fourth-order valence-electron chi connectivity index (χ4n) is 3.79. The Hall–Kier alpha value is -2.91. The van der Waals surface area contributed by atoms with Gasteiger partial charge in [-0.1, -0.05) is 48.5 Å². The Morgan fingerprint density at radius 2 is 1.66 bits per heavy atom. The fourth-order valence-corrected chi connectivity index (χ4v) is 4.97. The number of rotatable bonds is 4. The second kappa shape index (κ2) is 7.49. The van der Waals surface area contributed by atoms with Crippen LogP contribution in [0.2, 0.25) is 0 Å². The van der Waals surface area contributed by atoms with Crippen LogP contribution >= 0.6 is 0 Å². The van der Waals surface area contributed by atoms with E-state index in [1.807, 2.05) is 48.5 Å². The van der Waals surface area contributed by atoms with Gasteiger partial charge in [0.1, 0.15) is 6.61 Å². The summed E-state index contributed by atoms with van der Waals surface area (Å²) in [7, 11) is -3.12. The van der Waals surface area contributed by atoms with Crippen LogP contribution in [0, 0.1) is 0 Å². The molecular formula is C20H19NO7S. The molecule has 0 bridgehead atoms. The molecule has 1 heterocycles. The highest BCUT2D eigenvalue weighted by Gasteiger charge is 2.45. The zero-order chi connectivity index (χ0) is 20.6. The lowest BCUT2D eigenvalue weighted by Gasteiger charge is -2.21. The highest BCUT2D eigenvalue weighted by Crippen LogP contribution is 2.44. The number of fused-ring (bicyclic) bond motifs is 3. The van der Waals surface area contributed by atoms with Crippen LogP contribution in [0.25, 0.3) is 11.1 Å². The van der Waals surface area contributed by atoms with Crippen molar-refractivity contribution in [1.29, 1.82) is 0 Å². The minimum absolute atomic E-state index is 0.0379. The number of carbonyl (C=O) groups is 2. The number of carbonyl (C=O) groups excluding carboxylic acids is 2. The van der Waals surface area contributed by atoms with Crippen molar-refractivity contribution in [3.63, 3.8) is 0 Å². The van der Waals surface area contributed by atoms with Crippen LogP contribution in [0.1, 0.15) is 23.5 Å². The topological polar surface area (TPSA) is 99.2 Å². The van der Waals surface area contributed by atoms with Crippen molar-refractivity contribution < 1.29 is 31.7 Å². The van der Waals surface area contributed by atoms with Crippen LogP contribution in [0.5, 0.6) is 0 Å². The number of benzene rings is 2. The van der Waals surface area contributed by atoms with Crippen molar-refractivity contribution in [3.8, 4) is 11.1 Å². The van der Waals surface area contributed by atoms with Crippen LogP contribution < -0.4 is 0 Å². The summed E-state index contributed by atoms with van der Waals surface area (Å²) in [5.41, 5.74) is 4.14. The van der Waals surface area contributed by atoms with Crippen molar-refractivity contribution in [2.24, 2.45) is 0 Å². The van der Waals surface area contributed by atoms with Gasteiger partial charge in [-0.2, -0.15) is 12.7 Å². The molecule has 8 nitrogen and oxygen atoms in total. The van der Waals surface area contributed by atoms with Crippen LogP contribution in [0.3, 0.4) is 0 Å². The molecule has 1 aliphatic carbocycles. The average molecular weight is 417 g/mol. The van der Waals surface area contributed by atoms with E-state index in [2.05, 4.69) is 4.74 Å². The molecule has 0 spiro atoms. The number of amides is 1. The predicted molar refractivity (Wildman–Crippen MR) is 102 cm³/mol. The summed E-state index contributed by atoms with van der Waals surface area (Å²) in [4.78, 5) is 24.2. The summed E-state index contributed by atoms with van der Waals surface area (Å²) >= 11 is 0. The summed E-state index contributed by atoms with van der Waals surface area (Å²) < 4.78 is 39.4. The van der Waals surface area contributed by atoms with Crippen LogP contribution in [0.15, 0.2) is 48.5 Å². The minimum atomic E-state index is -4.31. The maximum atomic E-state index is 12.6. The van der Waals surface area contributed by atoms with Crippen molar-refractivity contribution in [1.82, 2.24) is 4.31 Å². The summed E-state index contributed by atoms with van der Waals surface area (Å²) in [5.74, 6) is -0.858. The largest absolute Gasteiger partial charge is 0.469 e. The second-order valence-electron chi connectivity index (χ2n) is 6.78. The van der Waals surface area contributed by atoms with Crippen LogP contribution in [-0.4, -0.2) is 51.2 Å². The maximum Gasteiger partial charge on any atom is 0.425 e. The zero-order valence-corrected chi connectivity index (χ0v) is 16.4. The molecule has 2 aromatic carbocycles. The first-order valence-corrected chi connectivity index (χ1v) is 10.4. The smallest absolute Gasteiger partial charge is 0.425 e. The number of nitrogens with zero attached hydrogens (tertiary/aromatic N) is 1. The molecule has 1 atom stereocenters. The van der Waals surface area contributed by atoms with Gasteiger partial charge in [-0.05, 0) is 22.3 Å². The van der Waals surface area contributed by atoms with Gasteiger partial charge in [0.15, 0.2) is 0 Å². The molecule has 0 aromatic heterocycles. The molecule has 0 unspecified atom stereocenters. The molecule has 0 N–H and O–H groups in total. The molecule has 4 rings (SSSR count). The lowest BCUT2D eigenvalue weighted by molar-refractivity contribution is -0.141. The average Bonchev–Trinajstić information content (AvgIpc) is 3.20. The maximum absolute atomic E-state index is 12.6. The number of hydrogen-bond acceptors (Lipinski definition) is 7. The predicted octanol–water partition coefficient (Wildman–Crippen LogP) is 2.44. The number of methoxy groups -OCH3 is 1. The number of hydrogen-bond donors (Lipinski definition) is 0. The van der Waals surface area contributed by atoms with Gasteiger partial charge in [0.05, 0.1) is 26.2 Å². The first-order valence-electron chi connectivity index (χ1n) is 9.03. The van der Waals surface area contributed by atoms with Crippen LogP contribution in [0.4, 0.5) is 4.79 Å². The van der Waals surface area contributed by atoms with E-state index >= 15 is 0 Å². The Morgan fingerprint density at radius 3 is 2.24 bits per heavy atom. The Kier molecular flexibility index (Phi) is 5.01. The van der Waals surface area contributed by atoms with Gasteiger partial charge in [0.25, 0.3) is 0 Å². The van der Waals surface area contributed by atoms with Crippen LogP contribution in [-0.2, 0) is 28.8 Å². The van der Waals surface area contributed by atoms with E-state index in [0.29, 0.717) is 4.31 Å². The molecule has 2 aromatic rings. The van der Waals surface area contributed by atoms with Gasteiger partial charge >= 0.3 is 22.4 Å². The molecule has 0 saturated carbocycles. The van der Waals surface area contributed by atoms with E-state index in [1.165, 1.54) is 7.11 Å². The van der Waals surface area contributed by atoms with Gasteiger partial charge in [0.2, 0.25) is 0 Å². The van der Waals surface area contributed by atoms with Crippen molar-refractivity contribution in [3.05, 3.63) is 59.7 Å². The third kappa shape index (κ3) is 3.47. The lowest BCUT2D eigenvalue weighted by Crippen LogP contribution is -2.41. The Morgan fingerprint density at radius 1 is 1.07 bits per heavy atom. The molecule has 2 aliphatic rings. The Labute approximate surface area is 168 Å². The fraction of sp³-hybridized carbons (Fsp3) is 0.300. The molecular weight excluding hydrogens is 398 g/mol. The zero-order valence-electron chi connectivity index (χ0n) is 15.6. The van der Waals surface area contributed by atoms with Gasteiger partial charge in [-0.15, -0.1) is 0 Å². The summed E-state index contributed by atoms with van der Waals surface area (Å²) in [6.45, 7) is -0.356. The summed E-state index contributed by atoms with van der Waals surface area (Å²) in [6.07, 6.45) is -1.38. The van der Waals surface area contributed by atoms with E-state index < -0.39 is 28.4 Å². The van der Waals surface area contributed by atoms with Crippen molar-refractivity contribution in [2.45, 2.75) is 18.4 Å². The third-order valence-electron chi connectivity index (χ3n) is 5.13. The van der Waals surface area contributed by atoms with Gasteiger partial charge in [-0.3, -0.25) is 8.98 Å². The summed E-state index contributed by atoms with van der Waals surface area (Å²) in [5, 5.41) is 0. The number of ether oxygens (including phenoxy) is 2. The minimum Gasteiger partial charge on any atom is -0.469 e. The molecule has 1 saturated heterocycles. The van der Waals surface area contributed by atoms with Gasteiger partial charge < -0.3 is 9.47 Å². The third-order valence-corrected chi connectivity index (χ3v) is 6.49. The molecule has 29 heavy (non-hydrogen) atoms. The van der Waals surface area contributed by atoms with Gasteiger partial charge in [-0.25, -0.2) is 4.79 Å². The molecule has 9 heteroatoms. The quantitative estimate of drug-likeness (QED) is 0.705. The normalized spacial score (nSPS) is 19.5. The van der Waals surface area contributed by atoms with Gasteiger partial charge in [0, 0.05) is 5.92 Å². The molecule has 1 aliphatic heterocycles. The standard InChI is InChI=1S/C20H19NO7S/c1-26-19(22)10-13-11-28-29(24,25)21(13)20(23)27-12-18-16-8-4-2-6-14(16)15-7-3-5-9-17(15)18/h2-9,13,18H,10-12H2,1H3/t13-/m1/s1. The Balaban J connectivity index is 1.54. The molecule has 1 amide bonds. The lowest BCUT2D eigenvalue weighted by atomic mass is 9.98. The SMILES string of the molecule is COC(=O)C[C@@H]1COS(=O)(=O)N1C(=O)OCC1c2ccccc2-c2ccccc21. The second-order valence-corrected chi connectivity index (χ2v) is 8.26. The first-order chi connectivity index (χ1) is 13.9. The van der Waals surface area contributed by atoms with E-state index in [1.54, 1.807) is 0 Å². The molecule has 0 radical (unpaired) electrons. The molecule has 152 valence electrons. The highest BCUT2D eigenvalue weighted by atomic mass is 32.2. The van der Waals surface area contributed by atoms with E-state index in [-0.39, 0.29) is 25.6 Å². The summed E-state index contributed by atoms with van der Waals surface area (Å²) in [6, 6.07) is 14.6. The van der Waals surface area contributed by atoms with Crippen molar-refractivity contribution >= 4 is 22.4 Å². The monoisotopic (exact) mass is 417 g/mol. The van der Waals surface area contributed by atoms with E-state index in [4.69, 9.17) is 8.92 Å². The van der Waals surface area contributed by atoms with E-state index in [9.17, 15) is 18.0 Å². The highest BCUT2D eigenvalue weighted by molar-refractivity contribution is 7.85.